The van der Waals surface area contributed by atoms with Gasteiger partial charge in [-0.1, -0.05) is 51.4 Å². The van der Waals surface area contributed by atoms with Crippen LogP contribution in [-0.4, -0.2) is 24.9 Å². The number of halogens is 2. The van der Waals surface area contributed by atoms with Gasteiger partial charge in [-0.2, -0.15) is 0 Å². The molecule has 0 fully saturated rings. The molecule has 8 heteroatoms. The van der Waals surface area contributed by atoms with E-state index in [0.29, 0.717) is 33.9 Å². The van der Waals surface area contributed by atoms with E-state index in [2.05, 4.69) is 42.5 Å². The van der Waals surface area contributed by atoms with E-state index in [-0.39, 0.29) is 11.8 Å². The fraction of sp³-hybridized carbons (Fsp3) is 0.545. The van der Waals surface area contributed by atoms with Gasteiger partial charge in [0.05, 0.1) is 0 Å². The van der Waals surface area contributed by atoms with Gasteiger partial charge in [-0.25, -0.2) is 0 Å². The highest BCUT2D eigenvalue weighted by atomic mass is 79.9. The van der Waals surface area contributed by atoms with Gasteiger partial charge in [0.25, 0.3) is 11.8 Å². The Morgan fingerprint density at radius 2 is 0.933 bits per heavy atom. The molecule has 0 radical (unpaired) electrons. The summed E-state index contributed by atoms with van der Waals surface area (Å²) in [4.78, 5) is 23.6. The predicted octanol–water partition coefficient (Wildman–Crippen LogP) is 6.46. The summed E-state index contributed by atoms with van der Waals surface area (Å²) in [6.45, 7) is 1.37. The number of hydrogen-bond donors (Lipinski definition) is 2. The van der Waals surface area contributed by atoms with Gasteiger partial charge in [-0.3, -0.25) is 9.59 Å². The third kappa shape index (κ3) is 9.98. The third-order valence-electron chi connectivity index (χ3n) is 4.77. The van der Waals surface area contributed by atoms with E-state index in [9.17, 15) is 9.59 Å². The van der Waals surface area contributed by atoms with Crippen LogP contribution in [0, 0.1) is 0 Å². The van der Waals surface area contributed by atoms with Crippen molar-refractivity contribution in [3.8, 4) is 0 Å². The maximum atomic E-state index is 11.8. The van der Waals surface area contributed by atoms with Crippen molar-refractivity contribution >= 4 is 43.7 Å². The number of rotatable bonds is 15. The first-order valence-electron chi connectivity index (χ1n) is 10.6. The molecule has 0 bridgehead atoms. The Bertz CT molecular complexity index is 709. The van der Waals surface area contributed by atoms with E-state index >= 15 is 0 Å². The molecule has 2 amide bonds. The fourth-order valence-electron chi connectivity index (χ4n) is 3.11. The van der Waals surface area contributed by atoms with E-state index in [1.807, 2.05) is 0 Å². The van der Waals surface area contributed by atoms with Crippen molar-refractivity contribution in [3.63, 3.8) is 0 Å². The minimum atomic E-state index is -0.158. The molecule has 0 aliphatic heterocycles. The zero-order valence-electron chi connectivity index (χ0n) is 17.2. The lowest BCUT2D eigenvalue weighted by Crippen LogP contribution is -2.23. The molecule has 2 aromatic heterocycles. The molecule has 30 heavy (non-hydrogen) atoms. The van der Waals surface area contributed by atoms with Crippen LogP contribution in [0.25, 0.3) is 0 Å². The monoisotopic (exact) mass is 544 g/mol. The molecule has 0 aliphatic carbocycles. The first-order chi connectivity index (χ1) is 14.6. The zero-order chi connectivity index (χ0) is 21.6. The van der Waals surface area contributed by atoms with Crippen molar-refractivity contribution in [3.05, 3.63) is 45.1 Å². The topological polar surface area (TPSA) is 84.5 Å². The Kier molecular flexibility index (Phi) is 11.9. The molecule has 0 spiro atoms. The van der Waals surface area contributed by atoms with Gasteiger partial charge >= 0.3 is 0 Å². The van der Waals surface area contributed by atoms with Crippen LogP contribution in [0.5, 0.6) is 0 Å². The van der Waals surface area contributed by atoms with Gasteiger partial charge < -0.3 is 19.5 Å². The number of carbonyl (C=O) groups is 2. The molecule has 0 saturated heterocycles. The van der Waals surface area contributed by atoms with Crippen LogP contribution in [-0.2, 0) is 0 Å². The average Bonchev–Trinajstić information content (AvgIpc) is 3.36. The normalized spacial score (nSPS) is 10.9. The number of unbranched alkanes of at least 4 members (excludes halogenated alkanes) is 9. The summed E-state index contributed by atoms with van der Waals surface area (Å²) in [5, 5.41) is 5.76. The SMILES string of the molecule is O=C(NCCCCCCCCCCCCNC(=O)c1ccc(Br)o1)c1ccc(Br)o1. The molecule has 0 atom stereocenters. The largest absolute Gasteiger partial charge is 0.444 e. The summed E-state index contributed by atoms with van der Waals surface area (Å²) >= 11 is 6.38. The standard InChI is InChI=1S/C22H30Br2N2O4/c23-19-13-11-17(29-19)21(27)25-15-9-7-5-3-1-2-4-6-8-10-16-26-22(28)18-12-14-20(24)30-18/h11-14H,1-10,15-16H2,(H,25,27)(H,26,28). The van der Waals surface area contributed by atoms with E-state index in [4.69, 9.17) is 8.83 Å². The first kappa shape index (κ1) is 24.7. The summed E-state index contributed by atoms with van der Waals surface area (Å²) < 4.78 is 11.6. The second-order valence-electron chi connectivity index (χ2n) is 7.25. The maximum Gasteiger partial charge on any atom is 0.287 e. The Morgan fingerprint density at radius 3 is 1.23 bits per heavy atom. The molecular weight excluding hydrogens is 516 g/mol. The first-order valence-corrected chi connectivity index (χ1v) is 12.2. The van der Waals surface area contributed by atoms with Gasteiger partial charge in [0.2, 0.25) is 0 Å². The summed E-state index contributed by atoms with van der Waals surface area (Å²) in [6.07, 6.45) is 11.7. The van der Waals surface area contributed by atoms with Gasteiger partial charge in [0.1, 0.15) is 0 Å². The van der Waals surface area contributed by atoms with Crippen LogP contribution in [0.4, 0.5) is 0 Å². The molecular formula is C22H30Br2N2O4. The Balaban J connectivity index is 1.32. The zero-order valence-corrected chi connectivity index (χ0v) is 20.4. The molecule has 0 aromatic carbocycles. The second kappa shape index (κ2) is 14.5. The van der Waals surface area contributed by atoms with Crippen LogP contribution in [0.15, 0.2) is 42.4 Å². The van der Waals surface area contributed by atoms with Crippen LogP contribution in [0.2, 0.25) is 0 Å². The van der Waals surface area contributed by atoms with Crippen LogP contribution in [0.1, 0.15) is 85.3 Å². The summed E-state index contributed by atoms with van der Waals surface area (Å²) in [5.41, 5.74) is 0. The highest BCUT2D eigenvalue weighted by molar-refractivity contribution is 9.10. The van der Waals surface area contributed by atoms with Gasteiger partial charge in [-0.15, -0.1) is 0 Å². The van der Waals surface area contributed by atoms with E-state index < -0.39 is 0 Å². The van der Waals surface area contributed by atoms with Gasteiger partial charge in [-0.05, 0) is 69.0 Å². The molecule has 6 nitrogen and oxygen atoms in total. The molecule has 0 saturated carbocycles. The lowest BCUT2D eigenvalue weighted by molar-refractivity contribution is 0.0916. The van der Waals surface area contributed by atoms with Crippen LogP contribution < -0.4 is 10.6 Å². The molecule has 166 valence electrons. The molecule has 2 aromatic rings. The molecule has 2 heterocycles. The number of hydrogen-bond acceptors (Lipinski definition) is 4. The quantitative estimate of drug-likeness (QED) is 0.251. The lowest BCUT2D eigenvalue weighted by atomic mass is 10.1. The van der Waals surface area contributed by atoms with Crippen molar-refractivity contribution in [1.29, 1.82) is 0 Å². The number of amides is 2. The minimum Gasteiger partial charge on any atom is -0.444 e. The van der Waals surface area contributed by atoms with Gasteiger partial charge in [0.15, 0.2) is 20.9 Å². The van der Waals surface area contributed by atoms with E-state index in [0.717, 1.165) is 25.7 Å². The third-order valence-corrected chi connectivity index (χ3v) is 5.62. The predicted molar refractivity (Wildman–Crippen MR) is 124 cm³/mol. The Morgan fingerprint density at radius 1 is 0.600 bits per heavy atom. The van der Waals surface area contributed by atoms with Crippen molar-refractivity contribution in [1.82, 2.24) is 10.6 Å². The highest BCUT2D eigenvalue weighted by Crippen LogP contribution is 2.15. The fourth-order valence-corrected chi connectivity index (χ4v) is 3.73. The van der Waals surface area contributed by atoms with Crippen molar-refractivity contribution in [2.75, 3.05) is 13.1 Å². The molecule has 0 aliphatic rings. The Labute approximate surface area is 194 Å². The molecule has 2 rings (SSSR count). The second-order valence-corrected chi connectivity index (χ2v) is 8.82. The van der Waals surface area contributed by atoms with E-state index in [1.54, 1.807) is 24.3 Å². The average molecular weight is 546 g/mol. The summed E-state index contributed by atoms with van der Waals surface area (Å²) in [5.74, 6) is 0.369. The molecule has 0 unspecified atom stereocenters. The van der Waals surface area contributed by atoms with Crippen molar-refractivity contribution in [2.24, 2.45) is 0 Å². The number of furan rings is 2. The van der Waals surface area contributed by atoms with Crippen LogP contribution in [0.3, 0.4) is 0 Å². The number of carbonyl (C=O) groups excluding carboxylic acids is 2. The van der Waals surface area contributed by atoms with Crippen molar-refractivity contribution in [2.45, 2.75) is 64.2 Å². The summed E-state index contributed by atoms with van der Waals surface area (Å²) in [6, 6.07) is 6.76. The maximum absolute atomic E-state index is 11.8. The number of nitrogens with one attached hydrogen (secondary N) is 2. The van der Waals surface area contributed by atoms with Crippen molar-refractivity contribution < 1.29 is 18.4 Å². The highest BCUT2D eigenvalue weighted by Gasteiger charge is 2.09. The van der Waals surface area contributed by atoms with Gasteiger partial charge in [0, 0.05) is 13.1 Å². The Hall–Kier alpha value is -1.54. The molecule has 2 N–H and O–H groups in total. The van der Waals surface area contributed by atoms with Crippen LogP contribution >= 0.6 is 31.9 Å². The summed E-state index contributed by atoms with van der Waals surface area (Å²) in [7, 11) is 0. The minimum absolute atomic E-state index is 0.158. The smallest absolute Gasteiger partial charge is 0.287 e. The van der Waals surface area contributed by atoms with E-state index in [1.165, 1.54) is 38.5 Å². The lowest BCUT2D eigenvalue weighted by Gasteiger charge is -2.05.